The van der Waals surface area contributed by atoms with Crippen molar-refractivity contribution in [3.8, 4) is 5.75 Å². The van der Waals surface area contributed by atoms with Crippen LogP contribution >= 0.6 is 0 Å². The molecule has 0 saturated carbocycles. The molecular formula is C26H26FN5O4. The maximum atomic E-state index is 13.7. The monoisotopic (exact) mass is 491 g/mol. The van der Waals surface area contributed by atoms with Gasteiger partial charge in [-0.15, -0.1) is 5.10 Å². The number of carbonyl (C=O) groups excluding carboxylic acids is 2. The molecule has 0 spiro atoms. The number of fused-ring (bicyclic) bond motifs is 1. The fraction of sp³-hybridized carbons (Fsp3) is 0.231. The number of amides is 2. The molecule has 10 heteroatoms. The molecule has 3 aromatic carbocycles. The summed E-state index contributed by atoms with van der Waals surface area (Å²) in [5.74, 6) is -0.713. The summed E-state index contributed by atoms with van der Waals surface area (Å²) in [5.41, 5.74) is 2.30. The van der Waals surface area contributed by atoms with Crippen LogP contribution in [0.15, 0.2) is 72.8 Å². The van der Waals surface area contributed by atoms with Gasteiger partial charge in [-0.05, 0) is 54.1 Å². The third-order valence-corrected chi connectivity index (χ3v) is 5.64. The van der Waals surface area contributed by atoms with Gasteiger partial charge >= 0.3 is 0 Å². The first-order valence-corrected chi connectivity index (χ1v) is 11.3. The van der Waals surface area contributed by atoms with Crippen LogP contribution in [0.5, 0.6) is 5.75 Å². The standard InChI is InChI=1S/C26H26FN5O4/c1-35-15-14-31(24(33)17-32-23-9-4-3-8-22(23)29-30-32)25(18-6-5-7-21(16-18)36-2)26(34)28-20-12-10-19(27)11-13-20/h3-13,16,25H,14-15,17H2,1-2H3,(H,28,34)/t25-/m1/s1. The topological polar surface area (TPSA) is 98.6 Å². The summed E-state index contributed by atoms with van der Waals surface area (Å²) in [6, 6.07) is 18.6. The van der Waals surface area contributed by atoms with Gasteiger partial charge in [-0.25, -0.2) is 9.07 Å². The van der Waals surface area contributed by atoms with E-state index in [1.165, 1.54) is 48.1 Å². The van der Waals surface area contributed by atoms with Gasteiger partial charge in [-0.3, -0.25) is 9.59 Å². The van der Waals surface area contributed by atoms with Crippen molar-refractivity contribution in [2.75, 3.05) is 32.7 Å². The zero-order chi connectivity index (χ0) is 25.5. The van der Waals surface area contributed by atoms with E-state index in [0.29, 0.717) is 28.0 Å². The minimum Gasteiger partial charge on any atom is -0.497 e. The van der Waals surface area contributed by atoms with Crippen molar-refractivity contribution in [1.29, 1.82) is 0 Å². The van der Waals surface area contributed by atoms with E-state index in [1.54, 1.807) is 30.3 Å². The number of methoxy groups -OCH3 is 2. The Labute approximate surface area is 207 Å². The van der Waals surface area contributed by atoms with Crippen molar-refractivity contribution in [3.63, 3.8) is 0 Å². The number of ether oxygens (including phenoxy) is 2. The highest BCUT2D eigenvalue weighted by Crippen LogP contribution is 2.27. The largest absolute Gasteiger partial charge is 0.497 e. The molecule has 0 fully saturated rings. The van der Waals surface area contributed by atoms with Crippen molar-refractivity contribution >= 4 is 28.5 Å². The van der Waals surface area contributed by atoms with Crippen molar-refractivity contribution in [2.45, 2.75) is 12.6 Å². The summed E-state index contributed by atoms with van der Waals surface area (Å²) in [7, 11) is 3.04. The van der Waals surface area contributed by atoms with Gasteiger partial charge in [0.25, 0.3) is 5.91 Å². The second kappa shape index (κ2) is 11.4. The third-order valence-electron chi connectivity index (χ3n) is 5.64. The van der Waals surface area contributed by atoms with E-state index in [1.807, 2.05) is 18.2 Å². The number of halogens is 1. The Morgan fingerprint density at radius 1 is 1.06 bits per heavy atom. The Bertz CT molecular complexity index is 1340. The number of para-hydroxylation sites is 1. The Kier molecular flexibility index (Phi) is 7.86. The lowest BCUT2D eigenvalue weighted by molar-refractivity contribution is -0.140. The lowest BCUT2D eigenvalue weighted by Crippen LogP contribution is -2.44. The Morgan fingerprint density at radius 2 is 1.83 bits per heavy atom. The van der Waals surface area contributed by atoms with Crippen LogP contribution in [0.4, 0.5) is 10.1 Å². The van der Waals surface area contributed by atoms with Gasteiger partial charge in [-0.2, -0.15) is 0 Å². The summed E-state index contributed by atoms with van der Waals surface area (Å²) in [6.07, 6.45) is 0. The number of hydrogen-bond donors (Lipinski definition) is 1. The molecule has 1 heterocycles. The molecule has 1 N–H and O–H groups in total. The number of hydrogen-bond acceptors (Lipinski definition) is 6. The summed E-state index contributed by atoms with van der Waals surface area (Å²) in [4.78, 5) is 28.7. The lowest BCUT2D eigenvalue weighted by Gasteiger charge is -2.31. The lowest BCUT2D eigenvalue weighted by atomic mass is 10.0. The van der Waals surface area contributed by atoms with Crippen molar-refractivity contribution in [1.82, 2.24) is 19.9 Å². The first-order chi connectivity index (χ1) is 17.5. The highest BCUT2D eigenvalue weighted by atomic mass is 19.1. The van der Waals surface area contributed by atoms with Crippen LogP contribution in [0.2, 0.25) is 0 Å². The minimum absolute atomic E-state index is 0.130. The quantitative estimate of drug-likeness (QED) is 0.365. The van der Waals surface area contributed by atoms with Gasteiger partial charge < -0.3 is 19.7 Å². The molecule has 9 nitrogen and oxygen atoms in total. The van der Waals surface area contributed by atoms with Crippen molar-refractivity contribution < 1.29 is 23.5 Å². The van der Waals surface area contributed by atoms with E-state index in [2.05, 4.69) is 15.6 Å². The highest BCUT2D eigenvalue weighted by Gasteiger charge is 2.32. The fourth-order valence-corrected chi connectivity index (χ4v) is 3.87. The smallest absolute Gasteiger partial charge is 0.251 e. The number of rotatable bonds is 10. The van der Waals surface area contributed by atoms with Crippen molar-refractivity contribution in [2.24, 2.45) is 0 Å². The van der Waals surface area contributed by atoms with Crippen LogP contribution in [0.1, 0.15) is 11.6 Å². The molecule has 0 saturated heterocycles. The van der Waals surface area contributed by atoms with Crippen LogP contribution in [0.25, 0.3) is 11.0 Å². The average Bonchev–Trinajstić information content (AvgIpc) is 3.30. The number of benzene rings is 3. The van der Waals surface area contributed by atoms with Gasteiger partial charge in [0.2, 0.25) is 5.91 Å². The predicted molar refractivity (Wildman–Crippen MR) is 132 cm³/mol. The van der Waals surface area contributed by atoms with Crippen LogP contribution in [0, 0.1) is 5.82 Å². The van der Waals surface area contributed by atoms with Gasteiger partial charge in [0, 0.05) is 19.3 Å². The second-order valence-electron chi connectivity index (χ2n) is 7.99. The van der Waals surface area contributed by atoms with E-state index in [4.69, 9.17) is 9.47 Å². The van der Waals surface area contributed by atoms with Crippen LogP contribution < -0.4 is 10.1 Å². The molecule has 186 valence electrons. The van der Waals surface area contributed by atoms with Crippen LogP contribution in [0.3, 0.4) is 0 Å². The van der Waals surface area contributed by atoms with E-state index < -0.39 is 17.8 Å². The molecule has 0 bridgehead atoms. The van der Waals surface area contributed by atoms with Gasteiger partial charge in [0.05, 0.1) is 19.2 Å². The molecule has 0 aliphatic heterocycles. The van der Waals surface area contributed by atoms with Crippen LogP contribution in [-0.4, -0.2) is 59.1 Å². The number of anilines is 1. The summed E-state index contributed by atoms with van der Waals surface area (Å²) >= 11 is 0. The average molecular weight is 492 g/mol. The van der Waals surface area contributed by atoms with Crippen LogP contribution in [-0.2, 0) is 20.9 Å². The maximum Gasteiger partial charge on any atom is 0.251 e. The molecule has 1 atom stereocenters. The Hall–Kier alpha value is -4.31. The van der Waals surface area contributed by atoms with E-state index in [-0.39, 0.29) is 25.6 Å². The molecule has 4 rings (SSSR count). The second-order valence-corrected chi connectivity index (χ2v) is 7.99. The number of nitrogens with zero attached hydrogens (tertiary/aromatic N) is 4. The van der Waals surface area contributed by atoms with E-state index in [9.17, 15) is 14.0 Å². The third kappa shape index (κ3) is 5.66. The first kappa shape index (κ1) is 24.8. The van der Waals surface area contributed by atoms with E-state index >= 15 is 0 Å². The fourth-order valence-electron chi connectivity index (χ4n) is 3.87. The van der Waals surface area contributed by atoms with Crippen molar-refractivity contribution in [3.05, 3.63) is 84.2 Å². The summed E-state index contributed by atoms with van der Waals surface area (Å²) in [6.45, 7) is 0.212. The summed E-state index contributed by atoms with van der Waals surface area (Å²) < 4.78 is 25.5. The van der Waals surface area contributed by atoms with Gasteiger partial charge in [-0.1, -0.05) is 29.5 Å². The number of carbonyl (C=O) groups is 2. The molecule has 0 radical (unpaired) electrons. The molecular weight excluding hydrogens is 465 g/mol. The Balaban J connectivity index is 1.70. The molecule has 36 heavy (non-hydrogen) atoms. The van der Waals surface area contributed by atoms with Gasteiger partial charge in [0.15, 0.2) is 0 Å². The predicted octanol–water partition coefficient (Wildman–Crippen LogP) is 3.43. The molecule has 0 aliphatic rings. The Morgan fingerprint density at radius 3 is 2.58 bits per heavy atom. The molecule has 0 aliphatic carbocycles. The highest BCUT2D eigenvalue weighted by molar-refractivity contribution is 5.98. The zero-order valence-electron chi connectivity index (χ0n) is 19.9. The minimum atomic E-state index is -1.03. The molecule has 2 amide bonds. The number of nitrogens with one attached hydrogen (secondary N) is 1. The zero-order valence-corrected chi connectivity index (χ0v) is 19.9. The molecule has 0 unspecified atom stereocenters. The first-order valence-electron chi connectivity index (χ1n) is 11.3. The maximum absolute atomic E-state index is 13.7. The SMILES string of the molecule is COCCN(C(=O)Cn1nnc2ccccc21)[C@@H](C(=O)Nc1ccc(F)cc1)c1cccc(OC)c1. The van der Waals surface area contributed by atoms with Gasteiger partial charge in [0.1, 0.15) is 29.7 Å². The molecule has 1 aromatic heterocycles. The molecule has 4 aromatic rings. The van der Waals surface area contributed by atoms with E-state index in [0.717, 1.165) is 0 Å². The normalized spacial score (nSPS) is 11.8. The summed E-state index contributed by atoms with van der Waals surface area (Å²) in [5, 5.41) is 11.0. The number of aromatic nitrogens is 3.